The van der Waals surface area contributed by atoms with E-state index < -0.39 is 11.8 Å². The van der Waals surface area contributed by atoms with Gasteiger partial charge in [0.1, 0.15) is 0 Å². The van der Waals surface area contributed by atoms with E-state index in [0.717, 1.165) is 27.6 Å². The number of amides is 2. The van der Waals surface area contributed by atoms with Crippen LogP contribution in [0.3, 0.4) is 0 Å². The molecule has 0 atom stereocenters. The van der Waals surface area contributed by atoms with Crippen molar-refractivity contribution in [2.24, 2.45) is 5.73 Å². The average Bonchev–Trinajstić information content (AvgIpc) is 3.40. The van der Waals surface area contributed by atoms with E-state index in [1.807, 2.05) is 47.9 Å². The van der Waals surface area contributed by atoms with Gasteiger partial charge in [-0.3, -0.25) is 14.8 Å². The van der Waals surface area contributed by atoms with Gasteiger partial charge in [-0.05, 0) is 55.0 Å². The lowest BCUT2D eigenvalue weighted by Gasteiger charge is -2.13. The second-order valence-electron chi connectivity index (χ2n) is 7.90. The van der Waals surface area contributed by atoms with Crippen molar-refractivity contribution in [3.63, 3.8) is 0 Å². The van der Waals surface area contributed by atoms with E-state index >= 15 is 0 Å². The van der Waals surface area contributed by atoms with Gasteiger partial charge in [0.25, 0.3) is 11.8 Å². The second kappa shape index (κ2) is 7.99. The average molecular weight is 443 g/mol. The molecule has 0 fully saturated rings. The summed E-state index contributed by atoms with van der Waals surface area (Å²) < 4.78 is 13.0. The molecular formula is C25H21N3O5. The predicted octanol–water partition coefficient (Wildman–Crippen LogP) is 3.61. The van der Waals surface area contributed by atoms with Crippen LogP contribution in [0.1, 0.15) is 31.8 Å². The molecule has 5 rings (SSSR count). The Morgan fingerprint density at radius 1 is 1.03 bits per heavy atom. The highest BCUT2D eigenvalue weighted by atomic mass is 16.7. The highest BCUT2D eigenvalue weighted by Crippen LogP contribution is 2.40. The van der Waals surface area contributed by atoms with Gasteiger partial charge in [-0.15, -0.1) is 0 Å². The van der Waals surface area contributed by atoms with Crippen molar-refractivity contribution in [3.8, 4) is 22.8 Å². The Balaban J connectivity index is 1.71. The molecule has 2 amide bonds. The maximum atomic E-state index is 12.7. The predicted molar refractivity (Wildman–Crippen MR) is 122 cm³/mol. The van der Waals surface area contributed by atoms with Crippen LogP contribution in [0.15, 0.2) is 60.7 Å². The van der Waals surface area contributed by atoms with Gasteiger partial charge in [-0.1, -0.05) is 23.8 Å². The lowest BCUT2D eigenvalue weighted by Crippen LogP contribution is -2.18. The number of hydrogen-bond donors (Lipinski definition) is 3. The fourth-order valence-corrected chi connectivity index (χ4v) is 4.23. The number of ether oxygens (including phenoxy) is 2. The summed E-state index contributed by atoms with van der Waals surface area (Å²) in [6.07, 6.45) is 0. The van der Waals surface area contributed by atoms with Gasteiger partial charge in [-0.25, -0.2) is 5.48 Å². The summed E-state index contributed by atoms with van der Waals surface area (Å²) in [6, 6.07) is 18.3. The standard InChI is InChI=1S/C25H21N3O5/c1-14-2-8-19-18(10-14)22(24(26)29)23(17-7-9-20-21(11-17)33-13-32-20)28(19)12-15-3-5-16(6-4-15)25(30)27-31/h2-11,31H,12-13H2,1H3,(H2,26,29)(H,27,30). The first kappa shape index (κ1) is 20.6. The van der Waals surface area contributed by atoms with Crippen molar-refractivity contribution in [3.05, 3.63) is 82.9 Å². The van der Waals surface area contributed by atoms with Crippen molar-refractivity contribution < 1.29 is 24.3 Å². The number of nitrogens with one attached hydrogen (secondary N) is 1. The summed E-state index contributed by atoms with van der Waals surface area (Å²) in [5.41, 5.74) is 12.5. The molecule has 1 aliphatic rings. The highest BCUT2D eigenvalue weighted by Gasteiger charge is 2.24. The van der Waals surface area contributed by atoms with Gasteiger partial charge in [0, 0.05) is 28.6 Å². The van der Waals surface area contributed by atoms with Gasteiger partial charge in [0.2, 0.25) is 6.79 Å². The largest absolute Gasteiger partial charge is 0.454 e. The number of hydroxylamine groups is 1. The molecule has 3 aromatic carbocycles. The van der Waals surface area contributed by atoms with Crippen molar-refractivity contribution in [1.29, 1.82) is 0 Å². The fraction of sp³-hybridized carbons (Fsp3) is 0.120. The van der Waals surface area contributed by atoms with Crippen LogP contribution in [0.5, 0.6) is 11.5 Å². The molecule has 0 aliphatic carbocycles. The van der Waals surface area contributed by atoms with E-state index in [-0.39, 0.29) is 6.79 Å². The molecule has 0 saturated carbocycles. The van der Waals surface area contributed by atoms with Crippen molar-refractivity contribution >= 4 is 22.7 Å². The molecule has 0 radical (unpaired) electrons. The first-order valence-electron chi connectivity index (χ1n) is 10.3. The van der Waals surface area contributed by atoms with Crippen molar-refractivity contribution in [2.45, 2.75) is 13.5 Å². The van der Waals surface area contributed by atoms with Gasteiger partial charge in [0.05, 0.1) is 11.3 Å². The number of carbonyl (C=O) groups excluding carboxylic acids is 2. The molecule has 166 valence electrons. The van der Waals surface area contributed by atoms with Gasteiger partial charge >= 0.3 is 0 Å². The molecule has 0 spiro atoms. The molecule has 0 bridgehead atoms. The quantitative estimate of drug-likeness (QED) is 0.322. The summed E-state index contributed by atoms with van der Waals surface area (Å²) in [6.45, 7) is 2.54. The van der Waals surface area contributed by atoms with Crippen molar-refractivity contribution in [2.75, 3.05) is 6.79 Å². The number of carbonyl (C=O) groups is 2. The van der Waals surface area contributed by atoms with E-state index in [1.165, 1.54) is 0 Å². The molecule has 8 heteroatoms. The van der Waals surface area contributed by atoms with Crippen molar-refractivity contribution in [1.82, 2.24) is 10.0 Å². The Kier molecular flexibility index (Phi) is 4.99. The number of fused-ring (bicyclic) bond motifs is 2. The van der Waals surface area contributed by atoms with E-state index in [4.69, 9.17) is 20.4 Å². The van der Waals surface area contributed by atoms with Crippen LogP contribution in [0.2, 0.25) is 0 Å². The van der Waals surface area contributed by atoms with Gasteiger partial charge < -0.3 is 19.8 Å². The van der Waals surface area contributed by atoms with Gasteiger partial charge in [-0.2, -0.15) is 0 Å². The number of primary amides is 1. The monoisotopic (exact) mass is 443 g/mol. The number of rotatable bonds is 5. The number of aromatic nitrogens is 1. The molecule has 8 nitrogen and oxygen atoms in total. The zero-order chi connectivity index (χ0) is 23.1. The summed E-state index contributed by atoms with van der Waals surface area (Å²) >= 11 is 0. The van der Waals surface area contributed by atoms with E-state index in [1.54, 1.807) is 29.7 Å². The molecule has 4 aromatic rings. The Morgan fingerprint density at radius 3 is 2.52 bits per heavy atom. The van der Waals surface area contributed by atoms with E-state index in [9.17, 15) is 9.59 Å². The van der Waals surface area contributed by atoms with E-state index in [2.05, 4.69) is 0 Å². The van der Waals surface area contributed by atoms with E-state index in [0.29, 0.717) is 34.9 Å². The molecular weight excluding hydrogens is 422 g/mol. The molecule has 1 aromatic heterocycles. The number of aryl methyl sites for hydroxylation is 1. The van der Waals surface area contributed by atoms with Crippen LogP contribution in [-0.2, 0) is 6.54 Å². The summed E-state index contributed by atoms with van der Waals surface area (Å²) in [7, 11) is 0. The zero-order valence-electron chi connectivity index (χ0n) is 17.8. The second-order valence-corrected chi connectivity index (χ2v) is 7.90. The molecule has 0 saturated heterocycles. The Hall–Kier alpha value is -4.30. The van der Waals surface area contributed by atoms with Crippen LogP contribution >= 0.6 is 0 Å². The van der Waals surface area contributed by atoms with Crippen LogP contribution < -0.4 is 20.7 Å². The van der Waals surface area contributed by atoms with Crippen LogP contribution in [-0.4, -0.2) is 28.4 Å². The normalized spacial score (nSPS) is 12.2. The Bertz CT molecular complexity index is 1410. The maximum Gasteiger partial charge on any atom is 0.274 e. The SMILES string of the molecule is Cc1ccc2c(c1)c(C(N)=O)c(-c1ccc3c(c1)OCO3)n2Cc1ccc(C(=O)NO)cc1. The minimum absolute atomic E-state index is 0.150. The highest BCUT2D eigenvalue weighted by molar-refractivity contribution is 6.12. The molecule has 1 aliphatic heterocycles. The molecule has 2 heterocycles. The minimum atomic E-state index is -0.583. The first-order chi connectivity index (χ1) is 16.0. The molecule has 33 heavy (non-hydrogen) atoms. The summed E-state index contributed by atoms with van der Waals surface area (Å²) in [5.74, 6) is 0.151. The summed E-state index contributed by atoms with van der Waals surface area (Å²) in [4.78, 5) is 24.3. The summed E-state index contributed by atoms with van der Waals surface area (Å²) in [5, 5.41) is 9.62. The number of nitrogens with zero attached hydrogens (tertiary/aromatic N) is 1. The fourth-order valence-electron chi connectivity index (χ4n) is 4.23. The number of nitrogens with two attached hydrogens (primary N) is 1. The van der Waals surface area contributed by atoms with Gasteiger partial charge in [0.15, 0.2) is 11.5 Å². The van der Waals surface area contributed by atoms with Crippen LogP contribution in [0.25, 0.3) is 22.2 Å². The third-order valence-electron chi connectivity index (χ3n) is 5.77. The zero-order valence-corrected chi connectivity index (χ0v) is 17.8. The molecule has 4 N–H and O–H groups in total. The number of hydrogen-bond acceptors (Lipinski definition) is 5. The molecule has 0 unspecified atom stereocenters. The smallest absolute Gasteiger partial charge is 0.274 e. The topological polar surface area (TPSA) is 116 Å². The van der Waals surface area contributed by atoms with Crippen LogP contribution in [0, 0.1) is 6.92 Å². The lowest BCUT2D eigenvalue weighted by molar-refractivity contribution is 0.0706. The lowest BCUT2D eigenvalue weighted by atomic mass is 10.0. The minimum Gasteiger partial charge on any atom is -0.454 e. The number of benzene rings is 3. The Morgan fingerprint density at radius 2 is 1.79 bits per heavy atom. The first-order valence-corrected chi connectivity index (χ1v) is 10.3. The maximum absolute atomic E-state index is 12.7. The third kappa shape index (κ3) is 3.56. The third-order valence-corrected chi connectivity index (χ3v) is 5.77. The van der Waals surface area contributed by atoms with Crippen LogP contribution in [0.4, 0.5) is 0 Å². The Labute approximate surface area is 189 Å².